The molecule has 82 valence electrons. The van der Waals surface area contributed by atoms with E-state index < -0.39 is 0 Å². The molecule has 0 saturated heterocycles. The van der Waals surface area contributed by atoms with Gasteiger partial charge in [-0.15, -0.1) is 0 Å². The van der Waals surface area contributed by atoms with Crippen molar-refractivity contribution >= 4 is 27.7 Å². The lowest BCUT2D eigenvalue weighted by atomic mass is 10.7. The molecule has 0 radical (unpaired) electrons. The SMILES string of the molecule is Brc1cnc(Sc2nccn2C2CC2)nc1. The van der Waals surface area contributed by atoms with Crippen LogP contribution in [0.2, 0.25) is 0 Å². The minimum absolute atomic E-state index is 0.639. The molecule has 0 amide bonds. The molecule has 16 heavy (non-hydrogen) atoms. The van der Waals surface area contributed by atoms with E-state index in [0.717, 1.165) is 14.8 Å². The Morgan fingerprint density at radius 3 is 2.69 bits per heavy atom. The second-order valence-electron chi connectivity index (χ2n) is 3.63. The van der Waals surface area contributed by atoms with E-state index in [9.17, 15) is 0 Å². The quantitative estimate of drug-likeness (QED) is 0.817. The lowest BCUT2D eigenvalue weighted by molar-refractivity contribution is 0.661. The van der Waals surface area contributed by atoms with Crippen LogP contribution < -0.4 is 0 Å². The smallest absolute Gasteiger partial charge is 0.195 e. The summed E-state index contributed by atoms with van der Waals surface area (Å²) in [5.74, 6) is 0. The molecule has 2 heterocycles. The second-order valence-corrected chi connectivity index (χ2v) is 5.48. The average Bonchev–Trinajstić information content (AvgIpc) is 3.03. The minimum Gasteiger partial charge on any atom is -0.323 e. The molecular formula is C10H9BrN4S. The molecule has 1 saturated carbocycles. The van der Waals surface area contributed by atoms with Crippen molar-refractivity contribution in [2.24, 2.45) is 0 Å². The van der Waals surface area contributed by atoms with Crippen molar-refractivity contribution in [1.29, 1.82) is 0 Å². The molecule has 1 aliphatic rings. The first-order valence-electron chi connectivity index (χ1n) is 5.01. The summed E-state index contributed by atoms with van der Waals surface area (Å²) in [6.45, 7) is 0. The first-order chi connectivity index (χ1) is 7.83. The molecule has 0 aromatic carbocycles. The number of rotatable bonds is 3. The van der Waals surface area contributed by atoms with E-state index in [1.807, 2.05) is 12.4 Å². The molecule has 4 nitrogen and oxygen atoms in total. The third-order valence-electron chi connectivity index (χ3n) is 2.35. The van der Waals surface area contributed by atoms with Gasteiger partial charge in [-0.1, -0.05) is 0 Å². The predicted octanol–water partition coefficient (Wildman–Crippen LogP) is 2.92. The van der Waals surface area contributed by atoms with Crippen LogP contribution in [-0.2, 0) is 0 Å². The largest absolute Gasteiger partial charge is 0.323 e. The summed E-state index contributed by atoms with van der Waals surface area (Å²) in [5.41, 5.74) is 0. The number of hydrogen-bond acceptors (Lipinski definition) is 4. The van der Waals surface area contributed by atoms with Gasteiger partial charge in [-0.05, 0) is 40.5 Å². The molecule has 2 aromatic rings. The van der Waals surface area contributed by atoms with E-state index in [1.165, 1.54) is 24.6 Å². The summed E-state index contributed by atoms with van der Waals surface area (Å²) in [6, 6.07) is 0.639. The Hall–Kier alpha value is -0.880. The minimum atomic E-state index is 0.639. The molecule has 0 N–H and O–H groups in total. The molecule has 6 heteroatoms. The second kappa shape index (κ2) is 4.18. The molecule has 0 atom stereocenters. The Bertz CT molecular complexity index is 492. The fourth-order valence-corrected chi connectivity index (χ4v) is 2.45. The third kappa shape index (κ3) is 2.12. The van der Waals surface area contributed by atoms with Gasteiger partial charge in [0.15, 0.2) is 10.3 Å². The van der Waals surface area contributed by atoms with Crippen molar-refractivity contribution in [1.82, 2.24) is 19.5 Å². The van der Waals surface area contributed by atoms with Crippen LogP contribution in [-0.4, -0.2) is 19.5 Å². The molecule has 1 fully saturated rings. The van der Waals surface area contributed by atoms with Crippen LogP contribution in [0.5, 0.6) is 0 Å². The van der Waals surface area contributed by atoms with Gasteiger partial charge in [0.2, 0.25) is 0 Å². The fourth-order valence-electron chi connectivity index (χ4n) is 1.44. The number of halogens is 1. The first kappa shape index (κ1) is 10.3. The molecule has 0 aliphatic heterocycles. The predicted molar refractivity (Wildman–Crippen MR) is 64.4 cm³/mol. The van der Waals surface area contributed by atoms with E-state index in [2.05, 4.69) is 35.4 Å². The first-order valence-corrected chi connectivity index (χ1v) is 6.62. The molecule has 0 bridgehead atoms. The third-order valence-corrected chi connectivity index (χ3v) is 3.65. The normalized spacial score (nSPS) is 15.3. The highest BCUT2D eigenvalue weighted by Crippen LogP contribution is 2.38. The summed E-state index contributed by atoms with van der Waals surface area (Å²) in [4.78, 5) is 12.8. The van der Waals surface area contributed by atoms with E-state index >= 15 is 0 Å². The van der Waals surface area contributed by atoms with Gasteiger partial charge < -0.3 is 4.57 Å². The van der Waals surface area contributed by atoms with E-state index in [0.29, 0.717) is 6.04 Å². The van der Waals surface area contributed by atoms with Gasteiger partial charge in [0.05, 0.1) is 4.47 Å². The van der Waals surface area contributed by atoms with Gasteiger partial charge >= 0.3 is 0 Å². The molecule has 1 aliphatic carbocycles. The summed E-state index contributed by atoms with van der Waals surface area (Å²) in [7, 11) is 0. The topological polar surface area (TPSA) is 43.6 Å². The maximum Gasteiger partial charge on any atom is 0.195 e. The standard InChI is InChI=1S/C10H9BrN4S/c11-7-5-13-9(14-6-7)16-10-12-3-4-15(10)8-1-2-8/h3-6,8H,1-2H2. The molecule has 0 unspecified atom stereocenters. The van der Waals surface area contributed by atoms with Crippen molar-refractivity contribution in [2.75, 3.05) is 0 Å². The van der Waals surface area contributed by atoms with Crippen molar-refractivity contribution in [3.8, 4) is 0 Å². The maximum atomic E-state index is 4.33. The van der Waals surface area contributed by atoms with Gasteiger partial charge in [-0.25, -0.2) is 15.0 Å². The maximum absolute atomic E-state index is 4.33. The van der Waals surface area contributed by atoms with E-state index in [1.54, 1.807) is 12.4 Å². The van der Waals surface area contributed by atoms with E-state index in [-0.39, 0.29) is 0 Å². The number of hydrogen-bond donors (Lipinski definition) is 0. The number of nitrogens with zero attached hydrogens (tertiary/aromatic N) is 4. The van der Waals surface area contributed by atoms with Crippen LogP contribution >= 0.6 is 27.7 Å². The summed E-state index contributed by atoms with van der Waals surface area (Å²) >= 11 is 4.82. The van der Waals surface area contributed by atoms with Gasteiger partial charge in [-0.2, -0.15) is 0 Å². The Kier molecular flexibility index (Phi) is 2.69. The van der Waals surface area contributed by atoms with Gasteiger partial charge in [0, 0.05) is 30.8 Å². The highest BCUT2D eigenvalue weighted by molar-refractivity contribution is 9.10. The van der Waals surface area contributed by atoms with Crippen molar-refractivity contribution in [3.63, 3.8) is 0 Å². The molecule has 2 aromatic heterocycles. The Balaban J connectivity index is 1.82. The van der Waals surface area contributed by atoms with Gasteiger partial charge in [0.1, 0.15) is 0 Å². The highest BCUT2D eigenvalue weighted by Gasteiger charge is 2.25. The zero-order valence-electron chi connectivity index (χ0n) is 8.38. The van der Waals surface area contributed by atoms with Crippen molar-refractivity contribution in [2.45, 2.75) is 29.2 Å². The lowest BCUT2D eigenvalue weighted by Gasteiger charge is -2.03. The lowest BCUT2D eigenvalue weighted by Crippen LogP contribution is -1.95. The van der Waals surface area contributed by atoms with Crippen LogP contribution in [0.3, 0.4) is 0 Å². The van der Waals surface area contributed by atoms with Gasteiger partial charge in [-0.3, -0.25) is 0 Å². The Morgan fingerprint density at radius 1 is 1.25 bits per heavy atom. The number of aromatic nitrogens is 4. The van der Waals surface area contributed by atoms with Gasteiger partial charge in [0.25, 0.3) is 0 Å². The average molecular weight is 297 g/mol. The summed E-state index contributed by atoms with van der Waals surface area (Å²) < 4.78 is 3.10. The zero-order valence-corrected chi connectivity index (χ0v) is 10.8. The zero-order chi connectivity index (χ0) is 11.0. The Labute approximate surface area is 106 Å². The summed E-state index contributed by atoms with van der Waals surface area (Å²) in [5, 5.41) is 1.71. The fraction of sp³-hybridized carbons (Fsp3) is 0.300. The molecule has 0 spiro atoms. The highest BCUT2D eigenvalue weighted by atomic mass is 79.9. The summed E-state index contributed by atoms with van der Waals surface area (Å²) in [6.07, 6.45) is 9.87. The van der Waals surface area contributed by atoms with Crippen molar-refractivity contribution in [3.05, 3.63) is 29.3 Å². The molecule has 3 rings (SSSR count). The number of imidazole rings is 1. The van der Waals surface area contributed by atoms with Crippen molar-refractivity contribution < 1.29 is 0 Å². The van der Waals surface area contributed by atoms with Crippen LogP contribution in [0, 0.1) is 0 Å². The van der Waals surface area contributed by atoms with Crippen LogP contribution in [0.15, 0.2) is 39.6 Å². The van der Waals surface area contributed by atoms with E-state index in [4.69, 9.17) is 0 Å². The van der Waals surface area contributed by atoms with Crippen LogP contribution in [0.25, 0.3) is 0 Å². The monoisotopic (exact) mass is 296 g/mol. The molecular weight excluding hydrogens is 288 g/mol. The Morgan fingerprint density at radius 2 is 2.00 bits per heavy atom. The van der Waals surface area contributed by atoms with Crippen LogP contribution in [0.1, 0.15) is 18.9 Å². The van der Waals surface area contributed by atoms with Crippen LogP contribution in [0.4, 0.5) is 0 Å².